The van der Waals surface area contributed by atoms with Gasteiger partial charge in [-0.3, -0.25) is 29.1 Å². The van der Waals surface area contributed by atoms with Crippen LogP contribution in [0.4, 0.5) is 0 Å². The number of carbonyl (C=O) groups excluding carboxylic acids is 4. The summed E-state index contributed by atoms with van der Waals surface area (Å²) < 4.78 is 5.85. The van der Waals surface area contributed by atoms with Gasteiger partial charge >= 0.3 is 0 Å². The Kier molecular flexibility index (Phi) is 10.6. The number of amides is 4. The van der Waals surface area contributed by atoms with Crippen molar-refractivity contribution in [1.82, 2.24) is 30.8 Å². The van der Waals surface area contributed by atoms with Crippen molar-refractivity contribution in [2.24, 2.45) is 5.92 Å². The highest BCUT2D eigenvalue weighted by Crippen LogP contribution is 2.19. The molecule has 2 aromatic rings. The maximum atomic E-state index is 13.2. The molecule has 204 valence electrons. The summed E-state index contributed by atoms with van der Waals surface area (Å²) in [5.74, 6) is -1.25. The van der Waals surface area contributed by atoms with E-state index >= 15 is 0 Å². The number of hydrogen-bond acceptors (Lipinski definition) is 7. The first-order chi connectivity index (χ1) is 18.3. The van der Waals surface area contributed by atoms with E-state index in [1.54, 1.807) is 49.9 Å². The largest absolute Gasteiger partial charge is 0.491 e. The summed E-state index contributed by atoms with van der Waals surface area (Å²) in [7, 11) is 1.66. The number of aromatic nitrogens is 2. The Morgan fingerprint density at radius 1 is 1.21 bits per heavy atom. The summed E-state index contributed by atoms with van der Waals surface area (Å²) in [6.07, 6.45) is 5.92. The van der Waals surface area contributed by atoms with Gasteiger partial charge in [-0.25, -0.2) is 0 Å². The van der Waals surface area contributed by atoms with Gasteiger partial charge in [0.15, 0.2) is 0 Å². The average Bonchev–Trinajstić information content (AvgIpc) is 2.93. The van der Waals surface area contributed by atoms with E-state index < -0.39 is 23.9 Å². The molecule has 3 rings (SSSR count). The lowest BCUT2D eigenvalue weighted by molar-refractivity contribution is -0.137. The number of ether oxygens (including phenoxy) is 1. The highest BCUT2D eigenvalue weighted by atomic mass is 16.5. The van der Waals surface area contributed by atoms with Gasteiger partial charge in [0.2, 0.25) is 17.7 Å². The van der Waals surface area contributed by atoms with Crippen LogP contribution in [0.2, 0.25) is 0 Å². The van der Waals surface area contributed by atoms with Crippen molar-refractivity contribution in [3.63, 3.8) is 0 Å². The lowest BCUT2D eigenvalue weighted by Crippen LogP contribution is -2.52. The van der Waals surface area contributed by atoms with Crippen LogP contribution >= 0.6 is 0 Å². The Labute approximate surface area is 222 Å². The van der Waals surface area contributed by atoms with Gasteiger partial charge in [-0.05, 0) is 24.5 Å². The monoisotopic (exact) mass is 524 g/mol. The lowest BCUT2D eigenvalue weighted by Gasteiger charge is -2.28. The zero-order valence-corrected chi connectivity index (χ0v) is 22.1. The van der Waals surface area contributed by atoms with Crippen LogP contribution in [0.25, 0.3) is 0 Å². The lowest BCUT2D eigenvalue weighted by atomic mass is 9.97. The fourth-order valence-corrected chi connectivity index (χ4v) is 4.03. The third kappa shape index (κ3) is 7.99. The van der Waals surface area contributed by atoms with Crippen molar-refractivity contribution in [3.8, 4) is 5.75 Å². The molecule has 0 radical (unpaired) electrons. The number of para-hydroxylation sites is 1. The van der Waals surface area contributed by atoms with Crippen molar-refractivity contribution >= 4 is 23.6 Å². The summed E-state index contributed by atoms with van der Waals surface area (Å²) in [6.45, 7) is 4.57. The van der Waals surface area contributed by atoms with Crippen molar-refractivity contribution in [2.45, 2.75) is 51.6 Å². The number of rotatable bonds is 6. The molecule has 0 spiro atoms. The Hall–Kier alpha value is -4.02. The van der Waals surface area contributed by atoms with E-state index in [4.69, 9.17) is 4.74 Å². The van der Waals surface area contributed by atoms with Crippen molar-refractivity contribution in [1.29, 1.82) is 0 Å². The maximum absolute atomic E-state index is 13.2. The molecule has 11 nitrogen and oxygen atoms in total. The van der Waals surface area contributed by atoms with Crippen LogP contribution in [0.1, 0.15) is 49.2 Å². The van der Waals surface area contributed by atoms with Crippen molar-refractivity contribution < 1.29 is 23.9 Å². The minimum absolute atomic E-state index is 0.0504. The van der Waals surface area contributed by atoms with Gasteiger partial charge in [0.05, 0.1) is 17.8 Å². The zero-order valence-electron chi connectivity index (χ0n) is 22.1. The van der Waals surface area contributed by atoms with Gasteiger partial charge in [-0.1, -0.05) is 32.4 Å². The second kappa shape index (κ2) is 14.1. The highest BCUT2D eigenvalue weighted by Gasteiger charge is 2.30. The SMILES string of the molecule is CC[C@H](C)[C@@H]1NC(=O)CC[C@@H](C(=O)NCCc2cnccn2)NC(=O)c2ccccc2OCCN(C)C1=O. The molecule has 1 aromatic heterocycles. The fourth-order valence-electron chi connectivity index (χ4n) is 4.03. The van der Waals surface area contributed by atoms with Gasteiger partial charge < -0.3 is 25.6 Å². The Balaban J connectivity index is 1.80. The number of fused-ring (bicyclic) bond motifs is 1. The molecule has 0 bridgehead atoms. The second-order valence-corrected chi connectivity index (χ2v) is 9.34. The van der Waals surface area contributed by atoms with Crippen molar-refractivity contribution in [2.75, 3.05) is 26.7 Å². The van der Waals surface area contributed by atoms with Gasteiger partial charge in [0.25, 0.3) is 5.91 Å². The first-order valence-corrected chi connectivity index (χ1v) is 12.9. The number of hydrogen-bond donors (Lipinski definition) is 3. The molecule has 3 atom stereocenters. The smallest absolute Gasteiger partial charge is 0.255 e. The van der Waals surface area contributed by atoms with Crippen LogP contribution in [0.5, 0.6) is 5.75 Å². The average molecular weight is 525 g/mol. The third-order valence-electron chi connectivity index (χ3n) is 6.57. The van der Waals surface area contributed by atoms with Gasteiger partial charge in [0, 0.05) is 45.0 Å². The molecule has 1 aliphatic heterocycles. The number of likely N-dealkylation sites (N-methyl/N-ethyl adjacent to an activating group) is 1. The predicted octanol–water partition coefficient (Wildman–Crippen LogP) is 1.10. The molecule has 3 N–H and O–H groups in total. The van der Waals surface area contributed by atoms with E-state index in [0.29, 0.717) is 18.6 Å². The van der Waals surface area contributed by atoms with E-state index in [1.807, 2.05) is 13.8 Å². The fraction of sp³-hybridized carbons (Fsp3) is 0.481. The molecular formula is C27H36N6O5. The summed E-state index contributed by atoms with van der Waals surface area (Å²) in [6, 6.07) is 5.03. The molecule has 1 aliphatic rings. The van der Waals surface area contributed by atoms with E-state index in [2.05, 4.69) is 25.9 Å². The molecule has 1 aromatic carbocycles. The zero-order chi connectivity index (χ0) is 27.5. The normalized spacial score (nSPS) is 20.1. The van der Waals surface area contributed by atoms with Crippen LogP contribution < -0.4 is 20.7 Å². The minimum atomic E-state index is -0.978. The standard InChI is InChI=1S/C27H36N6O5/c1-4-18(2)24-27(37)33(3)15-16-38-22-8-6-5-7-20(22)25(35)31-21(9-10-23(34)32-24)26(36)30-12-11-19-17-28-13-14-29-19/h5-8,13-14,17-18,21,24H,4,9-12,15-16H2,1-3H3,(H,30,36)(H,31,35)(H,32,34)/t18-,21-,24-/m0/s1. The van der Waals surface area contributed by atoms with Gasteiger partial charge in [-0.15, -0.1) is 0 Å². The van der Waals surface area contributed by atoms with Crippen LogP contribution in [-0.2, 0) is 20.8 Å². The number of nitrogens with zero attached hydrogens (tertiary/aromatic N) is 3. The number of nitrogens with one attached hydrogen (secondary N) is 3. The minimum Gasteiger partial charge on any atom is -0.491 e. The molecule has 0 saturated carbocycles. The Morgan fingerprint density at radius 2 is 2.00 bits per heavy atom. The third-order valence-corrected chi connectivity index (χ3v) is 6.57. The van der Waals surface area contributed by atoms with E-state index in [1.165, 1.54) is 4.90 Å². The van der Waals surface area contributed by atoms with Crippen LogP contribution in [0.3, 0.4) is 0 Å². The Morgan fingerprint density at radius 3 is 2.74 bits per heavy atom. The molecule has 4 amide bonds. The summed E-state index contributed by atoms with van der Waals surface area (Å²) in [5, 5.41) is 8.41. The first-order valence-electron chi connectivity index (χ1n) is 12.9. The molecule has 0 saturated heterocycles. The Bertz CT molecular complexity index is 1110. The summed E-state index contributed by atoms with van der Waals surface area (Å²) in [5.41, 5.74) is 0.978. The topological polar surface area (TPSA) is 143 Å². The first kappa shape index (κ1) is 28.5. The molecule has 0 aliphatic carbocycles. The van der Waals surface area contributed by atoms with E-state index in [0.717, 1.165) is 5.69 Å². The number of benzene rings is 1. The second-order valence-electron chi connectivity index (χ2n) is 9.34. The molecule has 11 heteroatoms. The molecule has 0 fully saturated rings. The molecule has 2 heterocycles. The predicted molar refractivity (Wildman–Crippen MR) is 140 cm³/mol. The van der Waals surface area contributed by atoms with E-state index in [9.17, 15) is 19.2 Å². The van der Waals surface area contributed by atoms with E-state index in [-0.39, 0.29) is 55.8 Å². The maximum Gasteiger partial charge on any atom is 0.255 e. The molecular weight excluding hydrogens is 488 g/mol. The molecule has 38 heavy (non-hydrogen) atoms. The summed E-state index contributed by atoms with van der Waals surface area (Å²) in [4.78, 5) is 62.0. The van der Waals surface area contributed by atoms with Crippen molar-refractivity contribution in [3.05, 3.63) is 54.1 Å². The van der Waals surface area contributed by atoms with Crippen LogP contribution in [0.15, 0.2) is 42.9 Å². The van der Waals surface area contributed by atoms with Gasteiger partial charge in [0.1, 0.15) is 24.4 Å². The highest BCUT2D eigenvalue weighted by molar-refractivity contribution is 5.99. The number of carbonyl (C=O) groups is 4. The van der Waals surface area contributed by atoms with Crippen LogP contribution in [0, 0.1) is 5.92 Å². The van der Waals surface area contributed by atoms with Crippen LogP contribution in [-0.4, -0.2) is 77.3 Å². The van der Waals surface area contributed by atoms with Gasteiger partial charge in [-0.2, -0.15) is 0 Å². The molecule has 0 unspecified atom stereocenters. The quantitative estimate of drug-likeness (QED) is 0.513. The summed E-state index contributed by atoms with van der Waals surface area (Å²) >= 11 is 0.